The Morgan fingerprint density at radius 3 is 2.33 bits per heavy atom. The second-order valence-corrected chi connectivity index (χ2v) is 5.48. The summed E-state index contributed by atoms with van der Waals surface area (Å²) in [5.74, 6) is -0.309. The third kappa shape index (κ3) is 2.67. The molecule has 0 unspecified atom stereocenters. The largest absolute Gasteiger partial charge is 0.298 e. The molecule has 1 aliphatic carbocycles. The molecule has 24 heavy (non-hydrogen) atoms. The monoisotopic (exact) mass is 324 g/mol. The smallest absolute Gasteiger partial charge is 0.280 e. The SMILES string of the molecule is O=CC1=Cc2cc([N+](=O)[O-])cc([N+](=O)[O-])c2C[C@@H]1c1ccccc1. The maximum Gasteiger partial charge on any atom is 0.280 e. The molecule has 0 amide bonds. The van der Waals surface area contributed by atoms with Crippen LogP contribution >= 0.6 is 0 Å². The third-order valence-corrected chi connectivity index (χ3v) is 4.12. The first-order chi connectivity index (χ1) is 11.5. The number of rotatable bonds is 4. The van der Waals surface area contributed by atoms with Crippen molar-refractivity contribution in [2.45, 2.75) is 12.3 Å². The van der Waals surface area contributed by atoms with Gasteiger partial charge >= 0.3 is 0 Å². The van der Waals surface area contributed by atoms with Crippen LogP contribution in [0.4, 0.5) is 11.4 Å². The van der Waals surface area contributed by atoms with Gasteiger partial charge in [-0.1, -0.05) is 30.3 Å². The normalized spacial score (nSPS) is 16.0. The zero-order valence-corrected chi connectivity index (χ0v) is 12.4. The van der Waals surface area contributed by atoms with E-state index in [9.17, 15) is 25.0 Å². The first kappa shape index (κ1) is 15.5. The second-order valence-electron chi connectivity index (χ2n) is 5.48. The summed E-state index contributed by atoms with van der Waals surface area (Å²) < 4.78 is 0. The predicted octanol–water partition coefficient (Wildman–Crippen LogP) is 3.43. The molecule has 0 heterocycles. The van der Waals surface area contributed by atoms with Gasteiger partial charge in [-0.15, -0.1) is 0 Å². The summed E-state index contributed by atoms with van der Waals surface area (Å²) in [5, 5.41) is 22.3. The van der Waals surface area contributed by atoms with Gasteiger partial charge in [-0.3, -0.25) is 25.0 Å². The molecule has 0 aromatic heterocycles. The molecule has 0 aliphatic heterocycles. The van der Waals surface area contributed by atoms with E-state index in [1.807, 2.05) is 30.3 Å². The van der Waals surface area contributed by atoms with Crippen LogP contribution in [0, 0.1) is 20.2 Å². The second kappa shape index (κ2) is 6.04. The van der Waals surface area contributed by atoms with E-state index in [1.54, 1.807) is 0 Å². The lowest BCUT2D eigenvalue weighted by Gasteiger charge is -2.23. The van der Waals surface area contributed by atoms with Crippen molar-refractivity contribution in [1.29, 1.82) is 0 Å². The van der Waals surface area contributed by atoms with Gasteiger partial charge in [0, 0.05) is 23.1 Å². The minimum absolute atomic E-state index is 0.248. The molecule has 2 aromatic carbocycles. The molecule has 3 rings (SSSR count). The summed E-state index contributed by atoms with van der Waals surface area (Å²) in [7, 11) is 0. The topological polar surface area (TPSA) is 103 Å². The molecule has 0 bridgehead atoms. The third-order valence-electron chi connectivity index (χ3n) is 4.12. The number of fused-ring (bicyclic) bond motifs is 1. The molecule has 1 aliphatic rings. The fourth-order valence-corrected chi connectivity index (χ4v) is 3.00. The quantitative estimate of drug-likeness (QED) is 0.487. The summed E-state index contributed by atoms with van der Waals surface area (Å²) in [5.41, 5.74) is 1.43. The van der Waals surface area contributed by atoms with Crippen molar-refractivity contribution < 1.29 is 14.6 Å². The van der Waals surface area contributed by atoms with Gasteiger partial charge < -0.3 is 0 Å². The van der Waals surface area contributed by atoms with Crippen LogP contribution < -0.4 is 0 Å². The fourth-order valence-electron chi connectivity index (χ4n) is 3.00. The maximum atomic E-state index is 11.5. The first-order valence-electron chi connectivity index (χ1n) is 7.18. The van der Waals surface area contributed by atoms with Crippen molar-refractivity contribution in [2.75, 3.05) is 0 Å². The lowest BCUT2D eigenvalue weighted by Crippen LogP contribution is -2.14. The molecule has 2 aromatic rings. The van der Waals surface area contributed by atoms with Gasteiger partial charge in [0.05, 0.1) is 15.9 Å². The highest BCUT2D eigenvalue weighted by Gasteiger charge is 2.30. The number of hydrogen-bond donors (Lipinski definition) is 0. The molecule has 0 radical (unpaired) electrons. The van der Waals surface area contributed by atoms with Gasteiger partial charge in [0.1, 0.15) is 6.29 Å². The fraction of sp³-hybridized carbons (Fsp3) is 0.118. The minimum atomic E-state index is -0.676. The number of nitro groups is 2. The van der Waals surface area contributed by atoms with E-state index in [-0.39, 0.29) is 23.7 Å². The van der Waals surface area contributed by atoms with Crippen LogP contribution in [0.25, 0.3) is 6.08 Å². The molecule has 7 heteroatoms. The molecule has 120 valence electrons. The van der Waals surface area contributed by atoms with Crippen LogP contribution in [0.3, 0.4) is 0 Å². The number of hydrogen-bond acceptors (Lipinski definition) is 5. The zero-order chi connectivity index (χ0) is 17.3. The van der Waals surface area contributed by atoms with E-state index in [2.05, 4.69) is 0 Å². The summed E-state index contributed by atoms with van der Waals surface area (Å²) >= 11 is 0. The van der Waals surface area contributed by atoms with Crippen molar-refractivity contribution in [3.63, 3.8) is 0 Å². The van der Waals surface area contributed by atoms with E-state index >= 15 is 0 Å². The number of carbonyl (C=O) groups is 1. The van der Waals surface area contributed by atoms with Gasteiger partial charge in [0.2, 0.25) is 0 Å². The molecule has 0 saturated heterocycles. The Hall–Kier alpha value is -3.35. The first-order valence-corrected chi connectivity index (χ1v) is 7.18. The van der Waals surface area contributed by atoms with Crippen molar-refractivity contribution in [1.82, 2.24) is 0 Å². The molecule has 0 saturated carbocycles. The number of allylic oxidation sites excluding steroid dienone is 1. The number of non-ortho nitro benzene ring substituents is 1. The molecular formula is C17H12N2O5. The average molecular weight is 324 g/mol. The van der Waals surface area contributed by atoms with Crippen LogP contribution in [-0.2, 0) is 11.2 Å². The molecule has 7 nitrogen and oxygen atoms in total. The van der Waals surface area contributed by atoms with Crippen molar-refractivity contribution in [3.05, 3.63) is 85.0 Å². The van der Waals surface area contributed by atoms with Gasteiger partial charge in [0.25, 0.3) is 11.4 Å². The van der Waals surface area contributed by atoms with Gasteiger partial charge in [-0.05, 0) is 23.6 Å². The molecular weight excluding hydrogens is 312 g/mol. The standard InChI is InChI=1S/C17H12N2O5/c20-10-13-6-12-7-14(18(21)22)8-17(19(23)24)16(12)9-15(13)11-4-2-1-3-5-11/h1-8,10,15H,9H2/t15-/m1/s1. The number of aldehydes is 1. The van der Waals surface area contributed by atoms with Gasteiger partial charge in [0.15, 0.2) is 0 Å². The van der Waals surface area contributed by atoms with Gasteiger partial charge in [-0.25, -0.2) is 0 Å². The average Bonchev–Trinajstić information content (AvgIpc) is 2.60. The molecule has 0 spiro atoms. The highest BCUT2D eigenvalue weighted by atomic mass is 16.6. The predicted molar refractivity (Wildman–Crippen MR) is 86.7 cm³/mol. The van der Waals surface area contributed by atoms with E-state index < -0.39 is 9.85 Å². The highest BCUT2D eigenvalue weighted by Crippen LogP contribution is 2.40. The summed E-state index contributed by atoms with van der Waals surface area (Å²) in [6, 6.07) is 11.5. The Labute approximate surface area is 136 Å². The lowest BCUT2D eigenvalue weighted by molar-refractivity contribution is -0.394. The van der Waals surface area contributed by atoms with E-state index in [4.69, 9.17) is 0 Å². The maximum absolute atomic E-state index is 11.5. The Kier molecular flexibility index (Phi) is 3.91. The summed E-state index contributed by atoms with van der Waals surface area (Å²) in [4.78, 5) is 32.5. The Bertz CT molecular complexity index is 874. The number of benzene rings is 2. The number of nitrogens with zero attached hydrogens (tertiary/aromatic N) is 2. The Morgan fingerprint density at radius 2 is 1.75 bits per heavy atom. The van der Waals surface area contributed by atoms with Crippen molar-refractivity contribution in [3.8, 4) is 0 Å². The van der Waals surface area contributed by atoms with Gasteiger partial charge in [-0.2, -0.15) is 0 Å². The van der Waals surface area contributed by atoms with E-state index in [0.717, 1.165) is 11.6 Å². The van der Waals surface area contributed by atoms with Crippen molar-refractivity contribution >= 4 is 23.7 Å². The van der Waals surface area contributed by atoms with Crippen molar-refractivity contribution in [2.24, 2.45) is 0 Å². The Morgan fingerprint density at radius 1 is 1.04 bits per heavy atom. The highest BCUT2D eigenvalue weighted by molar-refractivity contribution is 5.87. The molecule has 0 fully saturated rings. The summed E-state index contributed by atoms with van der Waals surface area (Å²) in [6.07, 6.45) is 2.45. The van der Waals surface area contributed by atoms with E-state index in [0.29, 0.717) is 23.0 Å². The molecule has 0 N–H and O–H groups in total. The van der Waals surface area contributed by atoms with Crippen LogP contribution in [0.1, 0.15) is 22.6 Å². The molecule has 1 atom stereocenters. The van der Waals surface area contributed by atoms with Crippen LogP contribution in [-0.4, -0.2) is 16.1 Å². The van der Waals surface area contributed by atoms with Crippen LogP contribution in [0.5, 0.6) is 0 Å². The van der Waals surface area contributed by atoms with Crippen LogP contribution in [0.2, 0.25) is 0 Å². The summed E-state index contributed by atoms with van der Waals surface area (Å²) in [6.45, 7) is 0. The minimum Gasteiger partial charge on any atom is -0.298 e. The number of nitro benzene ring substituents is 2. The van der Waals surface area contributed by atoms with E-state index in [1.165, 1.54) is 12.1 Å². The lowest BCUT2D eigenvalue weighted by atomic mass is 9.79. The Balaban J connectivity index is 2.19. The zero-order valence-electron chi connectivity index (χ0n) is 12.4. The van der Waals surface area contributed by atoms with Crippen LogP contribution in [0.15, 0.2) is 48.0 Å². The number of carbonyl (C=O) groups excluding carboxylic acids is 1.